The zero-order valence-corrected chi connectivity index (χ0v) is 29.6. The Morgan fingerprint density at radius 3 is 2.18 bits per heavy atom. The van der Waals surface area contributed by atoms with E-state index < -0.39 is 6.29 Å². The van der Waals surface area contributed by atoms with Crippen LogP contribution in [-0.4, -0.2) is 94.4 Å². The highest BCUT2D eigenvalue weighted by Gasteiger charge is 2.42. The maximum atomic E-state index is 12.9. The summed E-state index contributed by atoms with van der Waals surface area (Å²) in [6, 6.07) is 26.8. The second-order valence-electron chi connectivity index (χ2n) is 14.1. The molecule has 50 heavy (non-hydrogen) atoms. The van der Waals surface area contributed by atoms with Crippen LogP contribution in [0.3, 0.4) is 0 Å². The minimum Gasteiger partial charge on any atom is -0.446 e. The van der Waals surface area contributed by atoms with Crippen LogP contribution in [0, 0.1) is 17.8 Å². The van der Waals surface area contributed by atoms with Crippen molar-refractivity contribution < 1.29 is 28.5 Å². The Morgan fingerprint density at radius 1 is 0.840 bits per heavy atom. The van der Waals surface area contributed by atoms with Gasteiger partial charge in [0.15, 0.2) is 6.29 Å². The fourth-order valence-electron chi connectivity index (χ4n) is 7.46. The fourth-order valence-corrected chi connectivity index (χ4v) is 7.46. The SMILES string of the molecule is COC(CN(CC1CC1)C(=O)CCOCCc1ccc(CCN2C[C@H]3CC(OC(=O)Nc4ccccc4-c4ccccc4)C[C@H]3C2)cc1)OC. The minimum atomic E-state index is -0.401. The molecule has 268 valence electrons. The van der Waals surface area contributed by atoms with Gasteiger partial charge in [-0.05, 0) is 79.0 Å². The predicted octanol–water partition coefficient (Wildman–Crippen LogP) is 6.66. The van der Waals surface area contributed by atoms with Crippen LogP contribution in [0.1, 0.15) is 43.2 Å². The number of nitrogens with one attached hydrogen (secondary N) is 1. The molecule has 2 saturated carbocycles. The van der Waals surface area contributed by atoms with Gasteiger partial charge in [0.2, 0.25) is 5.91 Å². The number of carbonyl (C=O) groups is 2. The molecule has 0 spiro atoms. The van der Waals surface area contributed by atoms with E-state index in [0.29, 0.717) is 43.9 Å². The number of methoxy groups -OCH3 is 2. The summed E-state index contributed by atoms with van der Waals surface area (Å²) in [6.45, 7) is 5.42. The van der Waals surface area contributed by atoms with Crippen molar-refractivity contribution >= 4 is 17.7 Å². The number of nitrogens with zero attached hydrogens (tertiary/aromatic N) is 2. The lowest BCUT2D eigenvalue weighted by molar-refractivity contribution is -0.146. The fraction of sp³-hybridized carbons (Fsp3) is 0.512. The van der Waals surface area contributed by atoms with E-state index in [0.717, 1.165) is 68.7 Å². The van der Waals surface area contributed by atoms with Gasteiger partial charge in [0.25, 0.3) is 0 Å². The summed E-state index contributed by atoms with van der Waals surface area (Å²) in [7, 11) is 3.21. The van der Waals surface area contributed by atoms with Crippen LogP contribution in [0.2, 0.25) is 0 Å². The molecule has 2 aliphatic carbocycles. The van der Waals surface area contributed by atoms with Crippen molar-refractivity contribution in [2.24, 2.45) is 17.8 Å². The van der Waals surface area contributed by atoms with Gasteiger partial charge in [-0.25, -0.2) is 4.79 Å². The largest absolute Gasteiger partial charge is 0.446 e. The van der Waals surface area contributed by atoms with Crippen molar-refractivity contribution in [1.82, 2.24) is 9.80 Å². The average molecular weight is 684 g/mol. The van der Waals surface area contributed by atoms with E-state index in [1.54, 1.807) is 14.2 Å². The van der Waals surface area contributed by atoms with Crippen molar-refractivity contribution in [3.8, 4) is 11.1 Å². The van der Waals surface area contributed by atoms with E-state index in [4.69, 9.17) is 18.9 Å². The van der Waals surface area contributed by atoms with Crippen LogP contribution in [0.15, 0.2) is 78.9 Å². The highest BCUT2D eigenvalue weighted by atomic mass is 16.7. The third-order valence-corrected chi connectivity index (χ3v) is 10.5. The number of ether oxygens (including phenoxy) is 4. The smallest absolute Gasteiger partial charge is 0.411 e. The van der Waals surface area contributed by atoms with Gasteiger partial charge in [-0.1, -0.05) is 72.8 Å². The Hall–Kier alpha value is -3.76. The number of benzene rings is 3. The summed E-state index contributed by atoms with van der Waals surface area (Å²) in [6.07, 6.45) is 5.66. The minimum absolute atomic E-state index is 0.0281. The summed E-state index contributed by atoms with van der Waals surface area (Å²) in [5, 5.41) is 2.99. The molecule has 3 atom stereocenters. The van der Waals surface area contributed by atoms with Gasteiger partial charge in [-0.2, -0.15) is 0 Å². The standard InChI is InChI=1S/C41H53N3O6/c1-47-40(48-2)29-44(26-32-16-17-32)39(45)20-23-49-22-19-31-14-12-30(13-15-31)18-21-43-27-34-24-36(25-35(34)28-43)50-41(46)42-38-11-7-6-10-37(38)33-8-4-3-5-9-33/h3-15,32,34-36,40H,16-29H2,1-2H3,(H,42,46)/t34-,35+,36?. The molecule has 0 aromatic heterocycles. The van der Waals surface area contributed by atoms with Gasteiger partial charge >= 0.3 is 6.09 Å². The summed E-state index contributed by atoms with van der Waals surface area (Å²) in [5.41, 5.74) is 5.40. The summed E-state index contributed by atoms with van der Waals surface area (Å²) >= 11 is 0. The topological polar surface area (TPSA) is 89.6 Å². The van der Waals surface area contributed by atoms with Gasteiger partial charge < -0.3 is 28.7 Å². The number of rotatable bonds is 18. The first-order valence-electron chi connectivity index (χ1n) is 18.3. The average Bonchev–Trinajstić information content (AvgIpc) is 3.77. The van der Waals surface area contributed by atoms with Crippen molar-refractivity contribution in [2.75, 3.05) is 65.5 Å². The molecule has 2 amide bonds. The molecule has 1 saturated heterocycles. The number of carbonyl (C=O) groups excluding carboxylic acids is 2. The number of para-hydroxylation sites is 1. The van der Waals surface area contributed by atoms with E-state index in [1.807, 2.05) is 59.5 Å². The number of likely N-dealkylation sites (tertiary alicyclic amines) is 1. The third kappa shape index (κ3) is 10.4. The Morgan fingerprint density at radius 2 is 1.50 bits per heavy atom. The van der Waals surface area contributed by atoms with E-state index in [1.165, 1.54) is 24.0 Å². The van der Waals surface area contributed by atoms with E-state index >= 15 is 0 Å². The van der Waals surface area contributed by atoms with Crippen LogP contribution in [0.4, 0.5) is 10.5 Å². The van der Waals surface area contributed by atoms with E-state index in [-0.39, 0.29) is 18.1 Å². The molecule has 1 aliphatic heterocycles. The molecule has 1 unspecified atom stereocenters. The Kier molecular flexibility index (Phi) is 12.9. The van der Waals surface area contributed by atoms with E-state index in [9.17, 15) is 9.59 Å². The van der Waals surface area contributed by atoms with Crippen molar-refractivity contribution in [1.29, 1.82) is 0 Å². The van der Waals surface area contributed by atoms with E-state index in [2.05, 4.69) is 34.5 Å². The van der Waals surface area contributed by atoms with Crippen molar-refractivity contribution in [3.63, 3.8) is 0 Å². The first-order valence-corrected chi connectivity index (χ1v) is 18.3. The molecule has 1 heterocycles. The molecule has 3 aliphatic rings. The molecule has 1 N–H and O–H groups in total. The molecule has 3 aromatic carbocycles. The summed E-state index contributed by atoms with van der Waals surface area (Å²) in [5.74, 6) is 1.86. The van der Waals surface area contributed by atoms with Crippen LogP contribution >= 0.6 is 0 Å². The Labute approximate surface area is 297 Å². The molecule has 0 radical (unpaired) electrons. The molecular weight excluding hydrogens is 630 g/mol. The molecule has 0 bridgehead atoms. The molecule has 3 fully saturated rings. The van der Waals surface area contributed by atoms with Gasteiger partial charge in [0.1, 0.15) is 6.10 Å². The zero-order chi connectivity index (χ0) is 34.7. The third-order valence-electron chi connectivity index (χ3n) is 10.5. The lowest BCUT2D eigenvalue weighted by Gasteiger charge is -2.26. The van der Waals surface area contributed by atoms with Gasteiger partial charge in [0.05, 0.1) is 31.9 Å². The second-order valence-corrected chi connectivity index (χ2v) is 14.1. The van der Waals surface area contributed by atoms with Gasteiger partial charge in [0, 0.05) is 46.0 Å². The summed E-state index contributed by atoms with van der Waals surface area (Å²) in [4.78, 5) is 30.1. The first kappa shape index (κ1) is 36.0. The first-order chi connectivity index (χ1) is 24.5. The highest BCUT2D eigenvalue weighted by molar-refractivity contribution is 5.91. The molecule has 6 rings (SSSR count). The molecular formula is C41H53N3O6. The quantitative estimate of drug-likeness (QED) is 0.119. The van der Waals surface area contributed by atoms with Crippen LogP contribution < -0.4 is 5.32 Å². The highest BCUT2D eigenvalue weighted by Crippen LogP contribution is 2.40. The van der Waals surface area contributed by atoms with Gasteiger partial charge in [-0.15, -0.1) is 0 Å². The Bertz CT molecular complexity index is 1500. The lowest BCUT2D eigenvalue weighted by Crippen LogP contribution is -2.40. The summed E-state index contributed by atoms with van der Waals surface area (Å²) < 4.78 is 22.4. The maximum absolute atomic E-state index is 12.9. The predicted molar refractivity (Wildman–Crippen MR) is 195 cm³/mol. The number of amides is 2. The van der Waals surface area contributed by atoms with Crippen LogP contribution in [0.25, 0.3) is 11.1 Å². The molecule has 9 nitrogen and oxygen atoms in total. The lowest BCUT2D eigenvalue weighted by atomic mass is 10.0. The monoisotopic (exact) mass is 683 g/mol. The van der Waals surface area contributed by atoms with Crippen LogP contribution in [0.5, 0.6) is 0 Å². The number of fused-ring (bicyclic) bond motifs is 1. The molecule has 9 heteroatoms. The molecule has 3 aromatic rings. The van der Waals surface area contributed by atoms with Crippen molar-refractivity contribution in [2.45, 2.75) is 57.3 Å². The van der Waals surface area contributed by atoms with Crippen molar-refractivity contribution in [3.05, 3.63) is 90.0 Å². The number of anilines is 1. The normalized spacial score (nSPS) is 20.2. The zero-order valence-electron chi connectivity index (χ0n) is 29.6. The Balaban J connectivity index is 0.851. The van der Waals surface area contributed by atoms with Crippen LogP contribution in [-0.2, 0) is 36.6 Å². The van der Waals surface area contributed by atoms with Gasteiger partial charge in [-0.3, -0.25) is 10.1 Å². The number of hydrogen-bond acceptors (Lipinski definition) is 7. The maximum Gasteiger partial charge on any atom is 0.411 e. The number of hydrogen-bond donors (Lipinski definition) is 1. The second kappa shape index (κ2) is 17.9.